The van der Waals surface area contributed by atoms with E-state index >= 15 is 4.39 Å². The quantitative estimate of drug-likeness (QED) is 0.732. The van der Waals surface area contributed by atoms with Crippen LogP contribution >= 0.6 is 0 Å². The first-order chi connectivity index (χ1) is 15.7. The van der Waals surface area contributed by atoms with Crippen LogP contribution in [0.3, 0.4) is 0 Å². The maximum atomic E-state index is 15.1. The molecule has 2 aromatic rings. The molecule has 1 saturated heterocycles. The largest absolute Gasteiger partial charge is 0.484 e. The van der Waals surface area contributed by atoms with Gasteiger partial charge in [0.1, 0.15) is 11.9 Å². The van der Waals surface area contributed by atoms with Gasteiger partial charge in [0, 0.05) is 45.0 Å². The zero-order valence-electron chi connectivity index (χ0n) is 18.9. The zero-order valence-corrected chi connectivity index (χ0v) is 18.9. The number of benzene rings is 1. The van der Waals surface area contributed by atoms with E-state index in [-0.39, 0.29) is 24.2 Å². The lowest BCUT2D eigenvalue weighted by molar-refractivity contribution is -0.129. The Bertz CT molecular complexity index is 1040. The molecule has 10 heteroatoms. The number of halogens is 3. The number of aromatic nitrogens is 2. The van der Waals surface area contributed by atoms with E-state index in [0.29, 0.717) is 44.1 Å². The Hall–Kier alpha value is -3.04. The number of hydrogen-bond donors (Lipinski definition) is 1. The second kappa shape index (κ2) is 9.44. The lowest BCUT2D eigenvalue weighted by Crippen LogP contribution is -2.48. The van der Waals surface area contributed by atoms with Gasteiger partial charge in [-0.15, -0.1) is 0 Å². The average molecular weight is 464 g/mol. The van der Waals surface area contributed by atoms with E-state index in [2.05, 4.69) is 5.32 Å². The number of amides is 1. The molecular formula is C23H28F3N5O2. The molecule has 1 aromatic heterocycles. The summed E-state index contributed by atoms with van der Waals surface area (Å²) in [6, 6.07) is 3.05. The molecule has 1 N–H and O–H groups in total. The lowest BCUT2D eigenvalue weighted by atomic mass is 10.1. The number of fused-ring (bicyclic) bond motifs is 1. The third-order valence-electron chi connectivity index (χ3n) is 5.82. The summed E-state index contributed by atoms with van der Waals surface area (Å²) in [5.74, 6) is -0.631. The molecule has 1 fully saturated rings. The minimum atomic E-state index is -1.40. The number of anilines is 2. The minimum absolute atomic E-state index is 0.00724. The predicted octanol–water partition coefficient (Wildman–Crippen LogP) is 3.48. The number of carbonyl (C=O) groups is 1. The van der Waals surface area contributed by atoms with E-state index in [0.717, 1.165) is 23.5 Å². The molecule has 2 atom stereocenters. The topological polar surface area (TPSA) is 70.6 Å². The van der Waals surface area contributed by atoms with E-state index in [4.69, 9.17) is 14.7 Å². The van der Waals surface area contributed by atoms with Crippen LogP contribution in [0, 0.1) is 11.6 Å². The average Bonchev–Trinajstić information content (AvgIpc) is 2.75. The van der Waals surface area contributed by atoms with Gasteiger partial charge >= 0.3 is 0 Å². The van der Waals surface area contributed by atoms with Gasteiger partial charge in [0.2, 0.25) is 5.91 Å². The first-order valence-electron chi connectivity index (χ1n) is 11.1. The molecule has 0 aliphatic carbocycles. The van der Waals surface area contributed by atoms with Gasteiger partial charge in [-0.05, 0) is 26.0 Å². The molecule has 2 aliphatic rings. The third kappa shape index (κ3) is 5.15. The van der Waals surface area contributed by atoms with Crippen LogP contribution in [-0.4, -0.2) is 58.7 Å². The van der Waals surface area contributed by atoms with Gasteiger partial charge < -0.3 is 19.9 Å². The fourth-order valence-electron chi connectivity index (χ4n) is 4.12. The molecular weight excluding hydrogens is 435 g/mol. The molecule has 0 saturated carbocycles. The van der Waals surface area contributed by atoms with Gasteiger partial charge in [0.25, 0.3) is 0 Å². The van der Waals surface area contributed by atoms with Crippen LogP contribution in [0.15, 0.2) is 18.2 Å². The second-order valence-electron chi connectivity index (χ2n) is 8.76. The van der Waals surface area contributed by atoms with Crippen molar-refractivity contribution in [3.8, 4) is 5.75 Å². The van der Waals surface area contributed by atoms with Gasteiger partial charge in [0.05, 0.1) is 24.5 Å². The number of piperidine rings is 1. The normalized spacial score (nSPS) is 20.6. The van der Waals surface area contributed by atoms with Crippen molar-refractivity contribution in [3.63, 3.8) is 0 Å². The highest BCUT2D eigenvalue weighted by atomic mass is 19.1. The summed E-state index contributed by atoms with van der Waals surface area (Å²) < 4.78 is 47.7. The van der Waals surface area contributed by atoms with E-state index in [1.54, 1.807) is 4.90 Å². The molecule has 7 nitrogen and oxygen atoms in total. The molecule has 0 radical (unpaired) electrons. The van der Waals surface area contributed by atoms with Crippen molar-refractivity contribution in [1.29, 1.82) is 0 Å². The van der Waals surface area contributed by atoms with Crippen LogP contribution in [0.1, 0.15) is 38.6 Å². The number of nitrogens with one attached hydrogen (secondary N) is 1. The van der Waals surface area contributed by atoms with E-state index < -0.39 is 23.9 Å². The maximum absolute atomic E-state index is 15.1. The Balaban J connectivity index is 1.53. The molecule has 178 valence electrons. The van der Waals surface area contributed by atoms with E-state index in [1.807, 2.05) is 18.7 Å². The summed E-state index contributed by atoms with van der Waals surface area (Å²) in [7, 11) is 0. The number of rotatable bonds is 5. The Morgan fingerprint density at radius 1 is 1.21 bits per heavy atom. The third-order valence-corrected chi connectivity index (χ3v) is 5.82. The van der Waals surface area contributed by atoms with Crippen molar-refractivity contribution in [1.82, 2.24) is 14.9 Å². The van der Waals surface area contributed by atoms with Gasteiger partial charge in [0.15, 0.2) is 29.4 Å². The van der Waals surface area contributed by atoms with Crippen molar-refractivity contribution < 1.29 is 22.7 Å². The van der Waals surface area contributed by atoms with Crippen molar-refractivity contribution in [2.75, 3.05) is 29.9 Å². The van der Waals surface area contributed by atoms with Crippen molar-refractivity contribution in [2.45, 2.75) is 58.5 Å². The first-order valence-corrected chi connectivity index (χ1v) is 11.1. The zero-order chi connectivity index (χ0) is 23.7. The number of ether oxygens (including phenoxy) is 1. The summed E-state index contributed by atoms with van der Waals surface area (Å²) in [4.78, 5) is 24.9. The molecule has 3 heterocycles. The Labute approximate surface area is 191 Å². The van der Waals surface area contributed by atoms with Crippen LogP contribution in [-0.2, 0) is 17.8 Å². The summed E-state index contributed by atoms with van der Waals surface area (Å²) >= 11 is 0. The van der Waals surface area contributed by atoms with Crippen molar-refractivity contribution in [2.24, 2.45) is 0 Å². The van der Waals surface area contributed by atoms with Crippen LogP contribution in [0.5, 0.6) is 5.75 Å². The number of alkyl halides is 1. The number of carbonyl (C=O) groups excluding carboxylic acids is 1. The molecule has 0 spiro atoms. The SMILES string of the molecule is CC(=O)N1CCc2nc(N3CCC(Oc4ccc(F)cc4F)[C@H](F)C3)c(NC(C)C)nc2C1. The summed E-state index contributed by atoms with van der Waals surface area (Å²) in [6.45, 7) is 6.89. The summed E-state index contributed by atoms with van der Waals surface area (Å²) in [6.07, 6.45) is -1.37. The number of nitrogens with zero attached hydrogens (tertiary/aromatic N) is 4. The molecule has 33 heavy (non-hydrogen) atoms. The van der Waals surface area contributed by atoms with Gasteiger partial charge in [-0.1, -0.05) is 0 Å². The van der Waals surface area contributed by atoms with E-state index in [9.17, 15) is 13.6 Å². The Morgan fingerprint density at radius 2 is 2.00 bits per heavy atom. The highest BCUT2D eigenvalue weighted by Crippen LogP contribution is 2.31. The lowest BCUT2D eigenvalue weighted by Gasteiger charge is -2.37. The standard InChI is InChI=1S/C23H28F3N5O2/c1-13(2)27-22-23(29-18-6-8-30(14(3)32)12-19(18)28-22)31-9-7-21(17(26)11-31)33-20-5-4-15(24)10-16(20)25/h4-5,10,13,17,21H,6-9,11-12H2,1-3H3,(H,27,28)/t17-,21?/m1/s1. The molecule has 1 aromatic carbocycles. The predicted molar refractivity (Wildman–Crippen MR) is 118 cm³/mol. The monoisotopic (exact) mass is 463 g/mol. The van der Waals surface area contributed by atoms with Gasteiger partial charge in [-0.2, -0.15) is 0 Å². The van der Waals surface area contributed by atoms with Crippen LogP contribution in [0.2, 0.25) is 0 Å². The molecule has 1 amide bonds. The van der Waals surface area contributed by atoms with Gasteiger partial charge in [-0.3, -0.25) is 4.79 Å². The van der Waals surface area contributed by atoms with Gasteiger partial charge in [-0.25, -0.2) is 23.1 Å². The van der Waals surface area contributed by atoms with Crippen LogP contribution in [0.25, 0.3) is 0 Å². The Morgan fingerprint density at radius 3 is 2.67 bits per heavy atom. The summed E-state index contributed by atoms with van der Waals surface area (Å²) in [5.41, 5.74) is 1.55. The molecule has 2 aliphatic heterocycles. The fourth-order valence-corrected chi connectivity index (χ4v) is 4.12. The fraction of sp³-hybridized carbons (Fsp3) is 0.522. The highest BCUT2D eigenvalue weighted by Gasteiger charge is 2.34. The van der Waals surface area contributed by atoms with Crippen molar-refractivity contribution in [3.05, 3.63) is 41.2 Å². The maximum Gasteiger partial charge on any atom is 0.219 e. The molecule has 0 bridgehead atoms. The first kappa shape index (κ1) is 23.1. The smallest absolute Gasteiger partial charge is 0.219 e. The molecule has 4 rings (SSSR count). The number of hydrogen-bond acceptors (Lipinski definition) is 6. The Kier molecular flexibility index (Phi) is 6.62. The summed E-state index contributed by atoms with van der Waals surface area (Å²) in [5, 5.41) is 3.29. The van der Waals surface area contributed by atoms with E-state index in [1.165, 1.54) is 13.0 Å². The van der Waals surface area contributed by atoms with Crippen LogP contribution in [0.4, 0.5) is 24.8 Å². The van der Waals surface area contributed by atoms with Crippen LogP contribution < -0.4 is 15.0 Å². The highest BCUT2D eigenvalue weighted by molar-refractivity contribution is 5.73. The second-order valence-corrected chi connectivity index (χ2v) is 8.76. The van der Waals surface area contributed by atoms with Crippen molar-refractivity contribution >= 4 is 17.5 Å². The molecule has 1 unspecified atom stereocenters. The minimum Gasteiger partial charge on any atom is -0.484 e.